The van der Waals surface area contributed by atoms with E-state index in [-0.39, 0.29) is 11.2 Å². The fraction of sp³-hybridized carbons (Fsp3) is 0.385. The Hall–Kier alpha value is -1.33. The van der Waals surface area contributed by atoms with Crippen LogP contribution in [-0.4, -0.2) is 18.1 Å². The summed E-state index contributed by atoms with van der Waals surface area (Å²) in [5.74, 6) is -0.0452. The van der Waals surface area contributed by atoms with E-state index in [1.165, 1.54) is 18.4 Å². The highest BCUT2D eigenvalue weighted by atomic mass is 35.5. The van der Waals surface area contributed by atoms with E-state index in [1.54, 1.807) is 6.07 Å². The van der Waals surface area contributed by atoms with Crippen molar-refractivity contribution in [3.63, 3.8) is 0 Å². The fourth-order valence-electron chi connectivity index (χ4n) is 1.60. The summed E-state index contributed by atoms with van der Waals surface area (Å²) in [5.41, 5.74) is 0.244. The van der Waals surface area contributed by atoms with Crippen molar-refractivity contribution in [1.29, 1.82) is 0 Å². The average molecular weight is 300 g/mol. The minimum Gasteiger partial charge on any atom is -0.463 e. The molecule has 0 amide bonds. The maximum Gasteiger partial charge on any atom is 0.376 e. The highest BCUT2D eigenvalue weighted by molar-refractivity contribution is 7.14. The van der Waals surface area contributed by atoms with Crippen LogP contribution in [0.15, 0.2) is 15.9 Å². The predicted octanol–water partition coefficient (Wildman–Crippen LogP) is 4.14. The molecule has 0 radical (unpaired) electrons. The molecular formula is C13H14ClNO3S. The summed E-state index contributed by atoms with van der Waals surface area (Å²) in [7, 11) is 1.31. The van der Waals surface area contributed by atoms with E-state index < -0.39 is 5.97 Å². The summed E-state index contributed by atoms with van der Waals surface area (Å²) >= 11 is 7.47. The van der Waals surface area contributed by atoms with Crippen molar-refractivity contribution in [3.8, 4) is 10.8 Å². The van der Waals surface area contributed by atoms with Gasteiger partial charge in [-0.25, -0.2) is 9.78 Å². The molecule has 6 heteroatoms. The van der Waals surface area contributed by atoms with Crippen molar-refractivity contribution in [1.82, 2.24) is 4.98 Å². The zero-order valence-corrected chi connectivity index (χ0v) is 12.7. The topological polar surface area (TPSA) is 52.3 Å². The SMILES string of the molecule is COC(=O)c1oc(-c2sccc2Cl)nc1C(C)(C)C. The van der Waals surface area contributed by atoms with Gasteiger partial charge in [0.15, 0.2) is 0 Å². The Morgan fingerprint density at radius 1 is 1.47 bits per heavy atom. The number of rotatable bonds is 2. The van der Waals surface area contributed by atoms with Gasteiger partial charge in [-0.2, -0.15) is 0 Å². The lowest BCUT2D eigenvalue weighted by Crippen LogP contribution is -2.17. The van der Waals surface area contributed by atoms with Gasteiger partial charge in [-0.3, -0.25) is 0 Å². The van der Waals surface area contributed by atoms with Gasteiger partial charge in [-0.1, -0.05) is 32.4 Å². The first kappa shape index (κ1) is 14.1. The number of ether oxygens (including phenoxy) is 1. The Kier molecular flexibility index (Phi) is 3.69. The zero-order chi connectivity index (χ0) is 14.2. The van der Waals surface area contributed by atoms with Crippen LogP contribution in [0.4, 0.5) is 0 Å². The van der Waals surface area contributed by atoms with Gasteiger partial charge in [-0.15, -0.1) is 11.3 Å². The molecule has 0 aromatic carbocycles. The summed E-state index contributed by atoms with van der Waals surface area (Å²) < 4.78 is 10.3. The van der Waals surface area contributed by atoms with Gasteiger partial charge in [-0.05, 0) is 11.4 Å². The number of carbonyl (C=O) groups is 1. The summed E-state index contributed by atoms with van der Waals surface area (Å²) in [5, 5.41) is 2.40. The Balaban J connectivity index is 2.58. The molecule has 0 atom stereocenters. The molecule has 0 unspecified atom stereocenters. The van der Waals surface area contributed by atoms with Crippen molar-refractivity contribution >= 4 is 28.9 Å². The second-order valence-corrected chi connectivity index (χ2v) is 6.36. The number of thiophene rings is 1. The first-order valence-corrected chi connectivity index (χ1v) is 6.93. The molecule has 0 saturated heterocycles. The number of aromatic nitrogens is 1. The van der Waals surface area contributed by atoms with Crippen LogP contribution < -0.4 is 0 Å². The van der Waals surface area contributed by atoms with Crippen molar-refractivity contribution in [2.24, 2.45) is 0 Å². The van der Waals surface area contributed by atoms with E-state index in [4.69, 9.17) is 20.8 Å². The first-order valence-electron chi connectivity index (χ1n) is 5.67. The fourth-order valence-corrected chi connectivity index (χ4v) is 2.66. The first-order chi connectivity index (χ1) is 8.84. The maximum atomic E-state index is 11.8. The molecule has 0 fully saturated rings. The Labute approximate surface area is 120 Å². The number of esters is 1. The van der Waals surface area contributed by atoms with Gasteiger partial charge >= 0.3 is 5.97 Å². The summed E-state index contributed by atoms with van der Waals surface area (Å²) in [6, 6.07) is 1.76. The van der Waals surface area contributed by atoms with Gasteiger partial charge < -0.3 is 9.15 Å². The number of nitrogens with zero attached hydrogens (tertiary/aromatic N) is 1. The molecule has 0 spiro atoms. The second-order valence-electron chi connectivity index (χ2n) is 5.04. The van der Waals surface area contributed by atoms with Crippen LogP contribution in [0.3, 0.4) is 0 Å². The van der Waals surface area contributed by atoms with Gasteiger partial charge in [0.25, 0.3) is 0 Å². The third kappa shape index (κ3) is 2.67. The molecule has 2 aromatic heterocycles. The molecular weight excluding hydrogens is 286 g/mol. The lowest BCUT2D eigenvalue weighted by atomic mass is 9.91. The van der Waals surface area contributed by atoms with Crippen molar-refractivity contribution < 1.29 is 13.9 Å². The minimum absolute atomic E-state index is 0.134. The molecule has 2 rings (SSSR count). The number of oxazole rings is 1. The largest absolute Gasteiger partial charge is 0.463 e. The molecule has 0 aliphatic carbocycles. The predicted molar refractivity (Wildman–Crippen MR) is 74.9 cm³/mol. The van der Waals surface area contributed by atoms with Gasteiger partial charge in [0.05, 0.1) is 12.1 Å². The van der Waals surface area contributed by atoms with Crippen LogP contribution >= 0.6 is 22.9 Å². The van der Waals surface area contributed by atoms with Crippen molar-refractivity contribution in [2.45, 2.75) is 26.2 Å². The minimum atomic E-state index is -0.531. The lowest BCUT2D eigenvalue weighted by Gasteiger charge is -2.15. The highest BCUT2D eigenvalue weighted by Crippen LogP contribution is 2.36. The Morgan fingerprint density at radius 2 is 2.16 bits per heavy atom. The van der Waals surface area contributed by atoms with E-state index in [0.29, 0.717) is 21.5 Å². The van der Waals surface area contributed by atoms with E-state index in [1.807, 2.05) is 26.2 Å². The van der Waals surface area contributed by atoms with E-state index in [0.717, 1.165) is 0 Å². The summed E-state index contributed by atoms with van der Waals surface area (Å²) in [6.07, 6.45) is 0. The van der Waals surface area contributed by atoms with Crippen molar-refractivity contribution in [2.75, 3.05) is 7.11 Å². The third-order valence-corrected chi connectivity index (χ3v) is 3.85. The molecule has 2 aromatic rings. The number of hydrogen-bond acceptors (Lipinski definition) is 5. The van der Waals surface area contributed by atoms with Crippen LogP contribution in [0.2, 0.25) is 5.02 Å². The summed E-state index contributed by atoms with van der Waals surface area (Å²) in [4.78, 5) is 16.9. The number of carbonyl (C=O) groups excluding carboxylic acids is 1. The normalized spacial score (nSPS) is 11.6. The number of halogens is 1. The monoisotopic (exact) mass is 299 g/mol. The molecule has 0 bridgehead atoms. The molecule has 2 heterocycles. The van der Waals surface area contributed by atoms with Crippen LogP contribution in [0.1, 0.15) is 37.0 Å². The lowest BCUT2D eigenvalue weighted by molar-refractivity contribution is 0.0562. The van der Waals surface area contributed by atoms with Crippen molar-refractivity contribution in [3.05, 3.63) is 27.9 Å². The molecule has 19 heavy (non-hydrogen) atoms. The van der Waals surface area contributed by atoms with E-state index in [9.17, 15) is 4.79 Å². The van der Waals surface area contributed by atoms with Gasteiger partial charge in [0.1, 0.15) is 10.6 Å². The molecule has 0 saturated carbocycles. The Bertz CT molecular complexity index is 610. The van der Waals surface area contributed by atoms with Crippen LogP contribution in [-0.2, 0) is 10.2 Å². The standard InChI is InChI=1S/C13H14ClNO3S/c1-13(2,3)10-8(12(16)17-4)18-11(15-10)9-7(14)5-6-19-9/h5-6H,1-4H3. The molecule has 4 nitrogen and oxygen atoms in total. The third-order valence-electron chi connectivity index (χ3n) is 2.52. The van der Waals surface area contributed by atoms with Crippen LogP contribution in [0.25, 0.3) is 10.8 Å². The smallest absolute Gasteiger partial charge is 0.376 e. The van der Waals surface area contributed by atoms with Gasteiger partial charge in [0.2, 0.25) is 11.7 Å². The van der Waals surface area contributed by atoms with Crippen LogP contribution in [0.5, 0.6) is 0 Å². The zero-order valence-electron chi connectivity index (χ0n) is 11.1. The van der Waals surface area contributed by atoms with E-state index in [2.05, 4.69) is 4.98 Å². The molecule has 0 aliphatic rings. The number of hydrogen-bond donors (Lipinski definition) is 0. The average Bonchev–Trinajstić information content (AvgIpc) is 2.92. The van der Waals surface area contributed by atoms with Crippen LogP contribution in [0, 0.1) is 0 Å². The summed E-state index contributed by atoms with van der Waals surface area (Å²) in [6.45, 7) is 5.87. The second kappa shape index (κ2) is 4.98. The Morgan fingerprint density at radius 3 is 2.63 bits per heavy atom. The van der Waals surface area contributed by atoms with Gasteiger partial charge in [0, 0.05) is 5.41 Å². The molecule has 0 aliphatic heterocycles. The van der Waals surface area contributed by atoms with E-state index >= 15 is 0 Å². The molecule has 102 valence electrons. The highest BCUT2D eigenvalue weighted by Gasteiger charge is 2.30. The molecule has 0 N–H and O–H groups in total. The quantitative estimate of drug-likeness (QED) is 0.782. The number of methoxy groups -OCH3 is 1. The maximum absolute atomic E-state index is 11.8.